The van der Waals surface area contributed by atoms with E-state index in [9.17, 15) is 4.79 Å². The fraction of sp³-hybridized carbons (Fsp3) is 0.276. The third-order valence-corrected chi connectivity index (χ3v) is 7.28. The van der Waals surface area contributed by atoms with Crippen molar-refractivity contribution in [3.63, 3.8) is 0 Å². The highest BCUT2D eigenvalue weighted by Gasteiger charge is 2.18. The molecule has 184 valence electrons. The molecule has 0 aliphatic rings. The van der Waals surface area contributed by atoms with Crippen LogP contribution in [0.3, 0.4) is 0 Å². The smallest absolute Gasteiger partial charge is 0.267 e. The van der Waals surface area contributed by atoms with Gasteiger partial charge in [0.05, 0.1) is 23.3 Å². The van der Waals surface area contributed by atoms with Gasteiger partial charge in [-0.05, 0) is 73.9 Å². The van der Waals surface area contributed by atoms with Gasteiger partial charge in [0, 0.05) is 6.54 Å². The summed E-state index contributed by atoms with van der Waals surface area (Å²) in [6, 6.07) is 24.3. The van der Waals surface area contributed by atoms with Crippen molar-refractivity contribution in [3.05, 3.63) is 105 Å². The molecular formula is C29H31N5OS. The predicted octanol–water partition coefficient (Wildman–Crippen LogP) is 6.08. The van der Waals surface area contributed by atoms with Crippen molar-refractivity contribution in [2.45, 2.75) is 46.3 Å². The predicted molar refractivity (Wildman–Crippen MR) is 148 cm³/mol. The second-order valence-corrected chi connectivity index (χ2v) is 9.98. The summed E-state index contributed by atoms with van der Waals surface area (Å²) in [6.45, 7) is 7.75. The van der Waals surface area contributed by atoms with Crippen LogP contribution in [0.15, 0.2) is 77.6 Å². The Balaban J connectivity index is 1.62. The average Bonchev–Trinajstić information content (AvgIpc) is 3.20. The molecule has 2 aromatic heterocycles. The van der Waals surface area contributed by atoms with E-state index in [4.69, 9.17) is 17.3 Å². The lowest BCUT2D eigenvalue weighted by Crippen LogP contribution is -2.23. The number of aryl methyl sites for hydroxylation is 1. The maximum Gasteiger partial charge on any atom is 0.267 e. The highest BCUT2D eigenvalue weighted by Crippen LogP contribution is 2.22. The second kappa shape index (κ2) is 9.84. The number of benzene rings is 3. The first-order valence-corrected chi connectivity index (χ1v) is 12.8. The van der Waals surface area contributed by atoms with Gasteiger partial charge in [-0.3, -0.25) is 14.1 Å². The van der Waals surface area contributed by atoms with Gasteiger partial charge in [-0.1, -0.05) is 67.9 Å². The molecule has 0 spiro atoms. The molecule has 5 aromatic rings. The number of hydrogen-bond acceptors (Lipinski definition) is 4. The topological polar surface area (TPSA) is 47.5 Å². The minimum Gasteiger partial charge on any atom is -0.283 e. The van der Waals surface area contributed by atoms with Crippen molar-refractivity contribution in [1.82, 2.24) is 23.6 Å². The molecule has 0 amide bonds. The third-order valence-electron chi connectivity index (χ3n) is 6.88. The van der Waals surface area contributed by atoms with Crippen molar-refractivity contribution in [2.24, 2.45) is 0 Å². The highest BCUT2D eigenvalue weighted by atomic mass is 32.1. The van der Waals surface area contributed by atoms with E-state index in [0.29, 0.717) is 28.5 Å². The summed E-state index contributed by atoms with van der Waals surface area (Å²) >= 11 is 5.90. The van der Waals surface area contributed by atoms with Crippen LogP contribution in [0, 0.1) is 11.7 Å². The van der Waals surface area contributed by atoms with E-state index in [0.717, 1.165) is 24.2 Å². The molecule has 3 aromatic carbocycles. The van der Waals surface area contributed by atoms with Crippen LogP contribution in [0.25, 0.3) is 22.4 Å². The zero-order valence-electron chi connectivity index (χ0n) is 21.2. The number of hydrogen-bond donors (Lipinski definition) is 0. The van der Waals surface area contributed by atoms with Gasteiger partial charge < -0.3 is 0 Å². The second-order valence-electron chi connectivity index (χ2n) is 9.62. The van der Waals surface area contributed by atoms with Gasteiger partial charge in [-0.2, -0.15) is 0 Å². The van der Waals surface area contributed by atoms with E-state index >= 15 is 0 Å². The molecule has 0 aliphatic heterocycles. The van der Waals surface area contributed by atoms with Crippen LogP contribution in [0.1, 0.15) is 42.9 Å². The van der Waals surface area contributed by atoms with Crippen LogP contribution in [-0.2, 0) is 13.2 Å². The molecule has 0 radical (unpaired) electrons. The number of rotatable bonds is 7. The number of nitrogens with zero attached hydrogens (tertiary/aromatic N) is 5. The van der Waals surface area contributed by atoms with Gasteiger partial charge in [-0.25, -0.2) is 9.25 Å². The Morgan fingerprint density at radius 3 is 2.39 bits per heavy atom. The Labute approximate surface area is 216 Å². The standard InChI is InChI=1S/C29H31N5OS/c1-5-21(3)23-14-16-24(17-15-23)33-27(35)25-8-6-7-9-26(25)34-28(33)30-32(29(34)36)19-31(4)18-22-12-10-20(2)11-13-22/h6-17,21H,5,18-19H2,1-4H3/t21-/m1/s1. The molecule has 7 heteroatoms. The molecule has 0 unspecified atom stereocenters. The SMILES string of the molecule is CC[C@@H](C)c1ccc(-n2c(=O)c3ccccc3n3c(=S)n(CN(C)Cc4ccc(C)cc4)nc23)cc1. The van der Waals surface area contributed by atoms with Gasteiger partial charge in [0.1, 0.15) is 0 Å². The molecule has 0 saturated heterocycles. The quantitative estimate of drug-likeness (QED) is 0.256. The fourth-order valence-electron chi connectivity index (χ4n) is 4.61. The van der Waals surface area contributed by atoms with Gasteiger partial charge >= 0.3 is 0 Å². The van der Waals surface area contributed by atoms with E-state index in [2.05, 4.69) is 62.1 Å². The minimum atomic E-state index is -0.102. The van der Waals surface area contributed by atoms with E-state index in [1.807, 2.05) is 47.8 Å². The average molecular weight is 498 g/mol. The van der Waals surface area contributed by atoms with E-state index in [-0.39, 0.29) is 5.56 Å². The van der Waals surface area contributed by atoms with Crippen LogP contribution < -0.4 is 5.56 Å². The summed E-state index contributed by atoms with van der Waals surface area (Å²) in [7, 11) is 2.05. The van der Waals surface area contributed by atoms with E-state index < -0.39 is 0 Å². The van der Waals surface area contributed by atoms with Crippen molar-refractivity contribution in [3.8, 4) is 5.69 Å². The van der Waals surface area contributed by atoms with Crippen LogP contribution in [0.2, 0.25) is 0 Å². The van der Waals surface area contributed by atoms with Gasteiger partial charge in [-0.15, -0.1) is 5.10 Å². The number of para-hydroxylation sites is 1. The fourth-order valence-corrected chi connectivity index (χ4v) is 4.89. The Kier molecular flexibility index (Phi) is 6.60. The molecule has 5 rings (SSSR count). The summed E-state index contributed by atoms with van der Waals surface area (Å²) in [5.41, 5.74) is 5.17. The Morgan fingerprint density at radius 1 is 1.00 bits per heavy atom. The molecule has 36 heavy (non-hydrogen) atoms. The van der Waals surface area contributed by atoms with Crippen LogP contribution in [0.4, 0.5) is 0 Å². The monoisotopic (exact) mass is 497 g/mol. The van der Waals surface area contributed by atoms with Crippen molar-refractivity contribution < 1.29 is 0 Å². The minimum absolute atomic E-state index is 0.102. The Hall–Kier alpha value is -3.55. The summed E-state index contributed by atoms with van der Waals surface area (Å²) in [6.07, 6.45) is 1.06. The lowest BCUT2D eigenvalue weighted by molar-refractivity contribution is 0.244. The largest absolute Gasteiger partial charge is 0.283 e. The Morgan fingerprint density at radius 2 is 1.69 bits per heavy atom. The van der Waals surface area contributed by atoms with Crippen molar-refractivity contribution in [1.29, 1.82) is 0 Å². The first-order valence-electron chi connectivity index (χ1n) is 12.3. The highest BCUT2D eigenvalue weighted by molar-refractivity contribution is 7.71. The summed E-state index contributed by atoms with van der Waals surface area (Å²) < 4.78 is 5.94. The maximum atomic E-state index is 13.7. The number of fused-ring (bicyclic) bond motifs is 3. The first kappa shape index (κ1) is 24.2. The molecule has 1 atom stereocenters. The van der Waals surface area contributed by atoms with Crippen LogP contribution in [0.5, 0.6) is 0 Å². The molecule has 0 N–H and O–H groups in total. The normalized spacial score (nSPS) is 12.6. The Bertz CT molecular complexity index is 1640. The van der Waals surface area contributed by atoms with Crippen LogP contribution in [-0.4, -0.2) is 30.7 Å². The van der Waals surface area contributed by atoms with Gasteiger partial charge in [0.2, 0.25) is 10.5 Å². The molecule has 2 heterocycles. The summed E-state index contributed by atoms with van der Waals surface area (Å²) in [4.78, 5) is 15.9. The van der Waals surface area contributed by atoms with E-state index in [1.165, 1.54) is 16.7 Å². The molecule has 0 saturated carbocycles. The number of aromatic nitrogens is 4. The molecular weight excluding hydrogens is 466 g/mol. The summed E-state index contributed by atoms with van der Waals surface area (Å²) in [5.74, 6) is 0.980. The lowest BCUT2D eigenvalue weighted by Gasteiger charge is -2.16. The molecule has 0 fully saturated rings. The van der Waals surface area contributed by atoms with Gasteiger partial charge in [0.25, 0.3) is 5.56 Å². The molecule has 6 nitrogen and oxygen atoms in total. The van der Waals surface area contributed by atoms with Crippen molar-refractivity contribution >= 4 is 28.9 Å². The lowest BCUT2D eigenvalue weighted by atomic mass is 9.98. The first-order chi connectivity index (χ1) is 17.4. The summed E-state index contributed by atoms with van der Waals surface area (Å²) in [5, 5.41) is 5.48. The molecule has 0 aliphatic carbocycles. The van der Waals surface area contributed by atoms with Gasteiger partial charge in [0.15, 0.2) is 0 Å². The maximum absolute atomic E-state index is 13.7. The molecule has 0 bridgehead atoms. The third kappa shape index (κ3) is 4.40. The van der Waals surface area contributed by atoms with Crippen molar-refractivity contribution in [2.75, 3.05) is 7.05 Å². The van der Waals surface area contributed by atoms with Crippen LogP contribution >= 0.6 is 12.2 Å². The zero-order chi connectivity index (χ0) is 25.4. The van der Waals surface area contributed by atoms with E-state index in [1.54, 1.807) is 9.25 Å². The zero-order valence-corrected chi connectivity index (χ0v) is 22.0.